The van der Waals surface area contributed by atoms with E-state index in [0.717, 1.165) is 0 Å². The van der Waals surface area contributed by atoms with Crippen LogP contribution >= 0.6 is 0 Å². The van der Waals surface area contributed by atoms with Gasteiger partial charge in [0, 0.05) is 29.3 Å². The van der Waals surface area contributed by atoms with Gasteiger partial charge in [-0.05, 0) is 12.5 Å². The van der Waals surface area contributed by atoms with E-state index in [1.807, 2.05) is 12.1 Å². The van der Waals surface area contributed by atoms with E-state index in [9.17, 15) is 25.4 Å². The van der Waals surface area contributed by atoms with Crippen molar-refractivity contribution in [3.05, 3.63) is 61.6 Å². The van der Waals surface area contributed by atoms with Gasteiger partial charge in [0.1, 0.15) is 5.92 Å². The first-order chi connectivity index (χ1) is 10.5. The Kier molecular flexibility index (Phi) is 4.05. The minimum Gasteiger partial charge on any atom is -0.302 e. The fourth-order valence-electron chi connectivity index (χ4n) is 2.34. The number of rotatable bonds is 4. The van der Waals surface area contributed by atoms with Crippen LogP contribution in [0.5, 0.6) is 0 Å². The smallest absolute Gasteiger partial charge is 0.269 e. The zero-order valence-electron chi connectivity index (χ0n) is 11.5. The number of nitrogens with one attached hydrogen (secondary N) is 2. The molecule has 0 spiro atoms. The van der Waals surface area contributed by atoms with Crippen LogP contribution in [-0.2, 0) is 0 Å². The van der Waals surface area contributed by atoms with E-state index in [-0.39, 0.29) is 11.3 Å². The van der Waals surface area contributed by atoms with E-state index in [1.165, 1.54) is 24.3 Å². The molecule has 8 heteroatoms. The maximum absolute atomic E-state index is 12.0. The molecular formula is C14H11N5O3. The van der Waals surface area contributed by atoms with Gasteiger partial charge in [0.15, 0.2) is 0 Å². The SMILES string of the molecule is Cc1[nH][nH]c(=O)c1[C@H](c1ccc([N+](=O)[O-])cc1)C(C#N)C#N. The Balaban J connectivity index is 2.60. The number of aryl methyl sites for hydroxylation is 1. The molecule has 1 aromatic carbocycles. The summed E-state index contributed by atoms with van der Waals surface area (Å²) in [5, 5.41) is 34.1. The van der Waals surface area contributed by atoms with Crippen molar-refractivity contribution < 1.29 is 4.92 Å². The lowest BCUT2D eigenvalue weighted by Gasteiger charge is -2.16. The van der Waals surface area contributed by atoms with Gasteiger partial charge in [-0.15, -0.1) is 0 Å². The first-order valence-corrected chi connectivity index (χ1v) is 6.30. The quantitative estimate of drug-likeness (QED) is 0.653. The summed E-state index contributed by atoms with van der Waals surface area (Å²) in [5.41, 5.74) is 0.765. The van der Waals surface area contributed by atoms with E-state index in [1.54, 1.807) is 6.92 Å². The summed E-state index contributed by atoms with van der Waals surface area (Å²) in [4.78, 5) is 22.1. The van der Waals surface area contributed by atoms with Crippen LogP contribution in [0, 0.1) is 45.6 Å². The number of aromatic amines is 2. The highest BCUT2D eigenvalue weighted by Gasteiger charge is 2.30. The van der Waals surface area contributed by atoms with Crippen molar-refractivity contribution in [2.75, 3.05) is 0 Å². The second-order valence-electron chi connectivity index (χ2n) is 4.68. The first-order valence-electron chi connectivity index (χ1n) is 6.30. The van der Waals surface area contributed by atoms with Crippen LogP contribution < -0.4 is 5.56 Å². The molecule has 0 bridgehead atoms. The van der Waals surface area contributed by atoms with Gasteiger partial charge in [-0.25, -0.2) is 0 Å². The van der Waals surface area contributed by atoms with Crippen LogP contribution in [0.15, 0.2) is 29.1 Å². The Hall–Kier alpha value is -3.39. The van der Waals surface area contributed by atoms with Gasteiger partial charge in [0.2, 0.25) is 0 Å². The second kappa shape index (κ2) is 5.94. The molecule has 1 heterocycles. The molecule has 2 N–H and O–H groups in total. The number of non-ortho nitro benzene ring substituents is 1. The molecule has 1 atom stereocenters. The summed E-state index contributed by atoms with van der Waals surface area (Å²) in [6.07, 6.45) is 0. The Bertz CT molecular complexity index is 821. The molecule has 8 nitrogen and oxygen atoms in total. The maximum Gasteiger partial charge on any atom is 0.269 e. The summed E-state index contributed by atoms with van der Waals surface area (Å²) in [5.74, 6) is -1.87. The van der Waals surface area contributed by atoms with Crippen molar-refractivity contribution in [1.82, 2.24) is 10.2 Å². The lowest BCUT2D eigenvalue weighted by molar-refractivity contribution is -0.384. The summed E-state index contributed by atoms with van der Waals surface area (Å²) in [6, 6.07) is 9.21. The van der Waals surface area contributed by atoms with Gasteiger partial charge in [0.05, 0.1) is 17.1 Å². The number of nitro groups is 1. The van der Waals surface area contributed by atoms with Crippen LogP contribution in [0.4, 0.5) is 5.69 Å². The number of hydrogen-bond acceptors (Lipinski definition) is 5. The molecule has 110 valence electrons. The third-order valence-corrected chi connectivity index (χ3v) is 3.40. The predicted octanol–water partition coefficient (Wildman–Crippen LogP) is 1.71. The summed E-state index contributed by atoms with van der Waals surface area (Å²) in [6.45, 7) is 1.65. The van der Waals surface area contributed by atoms with Crippen molar-refractivity contribution >= 4 is 5.69 Å². The van der Waals surface area contributed by atoms with Crippen LogP contribution in [0.2, 0.25) is 0 Å². The molecule has 0 radical (unpaired) electrons. The van der Waals surface area contributed by atoms with Crippen molar-refractivity contribution in [1.29, 1.82) is 10.5 Å². The number of nitriles is 2. The second-order valence-corrected chi connectivity index (χ2v) is 4.68. The monoisotopic (exact) mass is 297 g/mol. The first kappa shape index (κ1) is 15.0. The Morgan fingerprint density at radius 2 is 1.77 bits per heavy atom. The van der Waals surface area contributed by atoms with E-state index < -0.39 is 22.3 Å². The van der Waals surface area contributed by atoms with Crippen LogP contribution in [0.25, 0.3) is 0 Å². The van der Waals surface area contributed by atoms with Crippen molar-refractivity contribution in [2.24, 2.45) is 5.92 Å². The van der Waals surface area contributed by atoms with Gasteiger partial charge in [-0.1, -0.05) is 12.1 Å². The standard InChI is InChI=1S/C14H11N5O3/c1-8-12(14(20)18-17-8)13(10(6-15)7-16)9-2-4-11(5-3-9)19(21)22/h2-5,10,13H,1H3,(H2,17,18,20)/t13-/m1/s1. The molecular weight excluding hydrogens is 286 g/mol. The van der Waals surface area contributed by atoms with Gasteiger partial charge in [0.25, 0.3) is 11.2 Å². The normalized spacial score (nSPS) is 11.6. The average Bonchev–Trinajstić information content (AvgIpc) is 2.84. The van der Waals surface area contributed by atoms with E-state index in [2.05, 4.69) is 10.2 Å². The zero-order valence-corrected chi connectivity index (χ0v) is 11.5. The number of hydrogen-bond donors (Lipinski definition) is 2. The topological polar surface area (TPSA) is 139 Å². The largest absolute Gasteiger partial charge is 0.302 e. The van der Waals surface area contributed by atoms with E-state index in [4.69, 9.17) is 0 Å². The van der Waals surface area contributed by atoms with Gasteiger partial charge in [-0.2, -0.15) is 10.5 Å². The summed E-state index contributed by atoms with van der Waals surface area (Å²) < 4.78 is 0. The molecule has 0 unspecified atom stereocenters. The molecule has 0 aliphatic heterocycles. The van der Waals surface area contributed by atoms with Gasteiger partial charge in [-0.3, -0.25) is 20.0 Å². The predicted molar refractivity (Wildman–Crippen MR) is 75.8 cm³/mol. The van der Waals surface area contributed by atoms with Gasteiger partial charge < -0.3 is 5.10 Å². The molecule has 0 aliphatic carbocycles. The number of aromatic nitrogens is 2. The molecule has 0 saturated heterocycles. The van der Waals surface area contributed by atoms with Crippen LogP contribution in [0.3, 0.4) is 0 Å². The molecule has 0 aliphatic rings. The highest BCUT2D eigenvalue weighted by molar-refractivity contribution is 5.42. The van der Waals surface area contributed by atoms with Crippen LogP contribution in [0.1, 0.15) is 22.7 Å². The zero-order chi connectivity index (χ0) is 16.3. The molecule has 0 saturated carbocycles. The summed E-state index contributed by atoms with van der Waals surface area (Å²) >= 11 is 0. The van der Waals surface area contributed by atoms with Crippen molar-refractivity contribution in [3.8, 4) is 12.1 Å². The summed E-state index contributed by atoms with van der Waals surface area (Å²) in [7, 11) is 0. The molecule has 0 amide bonds. The number of nitrogens with zero attached hydrogens (tertiary/aromatic N) is 3. The minimum absolute atomic E-state index is 0.104. The third-order valence-electron chi connectivity index (χ3n) is 3.40. The van der Waals surface area contributed by atoms with E-state index in [0.29, 0.717) is 11.3 Å². The van der Waals surface area contributed by atoms with Crippen molar-refractivity contribution in [2.45, 2.75) is 12.8 Å². The lowest BCUT2D eigenvalue weighted by atomic mass is 9.82. The molecule has 22 heavy (non-hydrogen) atoms. The molecule has 1 aromatic heterocycles. The number of benzene rings is 1. The lowest BCUT2D eigenvalue weighted by Crippen LogP contribution is -2.19. The van der Waals surface area contributed by atoms with Crippen LogP contribution in [-0.4, -0.2) is 15.1 Å². The highest BCUT2D eigenvalue weighted by atomic mass is 16.6. The Morgan fingerprint density at radius 1 is 1.18 bits per heavy atom. The average molecular weight is 297 g/mol. The number of H-pyrrole nitrogens is 2. The van der Waals surface area contributed by atoms with Crippen molar-refractivity contribution in [3.63, 3.8) is 0 Å². The minimum atomic E-state index is -1.09. The number of nitro benzene ring substituents is 1. The fraction of sp³-hybridized carbons (Fsp3) is 0.214. The van der Waals surface area contributed by atoms with E-state index >= 15 is 0 Å². The van der Waals surface area contributed by atoms with Gasteiger partial charge >= 0.3 is 0 Å². The molecule has 2 aromatic rings. The molecule has 0 fully saturated rings. The fourth-order valence-corrected chi connectivity index (χ4v) is 2.34. The maximum atomic E-state index is 12.0. The Morgan fingerprint density at radius 3 is 2.18 bits per heavy atom. The Labute approximate surface area is 124 Å². The highest BCUT2D eigenvalue weighted by Crippen LogP contribution is 2.32. The third kappa shape index (κ3) is 2.58. The molecule has 2 rings (SSSR count).